The topological polar surface area (TPSA) is 58.0 Å². The summed E-state index contributed by atoms with van der Waals surface area (Å²) in [5.74, 6) is -0.613. The van der Waals surface area contributed by atoms with Crippen molar-refractivity contribution in [2.45, 2.75) is 0 Å². The number of rotatable bonds is 8. The molecule has 0 aliphatic rings. The fourth-order valence-electron chi connectivity index (χ4n) is 5.26. The number of para-hydroxylation sites is 1. The summed E-state index contributed by atoms with van der Waals surface area (Å²) in [7, 11) is -2.49. The van der Waals surface area contributed by atoms with Crippen molar-refractivity contribution in [3.8, 4) is 22.8 Å². The summed E-state index contributed by atoms with van der Waals surface area (Å²) in [4.78, 5) is 14.6. The lowest BCUT2D eigenvalue weighted by Gasteiger charge is -2.27. The second-order valence-electron chi connectivity index (χ2n) is 9.54. The third-order valence-corrected chi connectivity index (χ3v) is 11.4. The number of carbonyl (C=O) groups excluding carboxylic acids is 1. The fourth-order valence-corrected chi connectivity index (χ4v) is 9.33. The summed E-state index contributed by atoms with van der Waals surface area (Å²) in [5, 5.41) is 22.0. The monoisotopic (exact) mass is 538 g/mol. The number of ketones is 1. The fraction of sp³-hybridized carbons (Fsp3) is 0.0286. The SMILES string of the molecule is O=C(C[P+](c1ccccc1)(c1ccccc1)c1ccccc1)c1c(-c2ccccc2)nn(-c2ccccc2)c1[O-]. The van der Waals surface area contributed by atoms with Crippen molar-refractivity contribution < 1.29 is 9.90 Å². The van der Waals surface area contributed by atoms with E-state index in [-0.39, 0.29) is 17.5 Å². The van der Waals surface area contributed by atoms with Gasteiger partial charge in [0.15, 0.2) is 0 Å². The molecule has 0 spiro atoms. The van der Waals surface area contributed by atoms with Crippen LogP contribution in [0.5, 0.6) is 5.88 Å². The van der Waals surface area contributed by atoms with Crippen LogP contribution in [0.15, 0.2) is 152 Å². The van der Waals surface area contributed by atoms with Gasteiger partial charge in [-0.1, -0.05) is 103 Å². The molecule has 0 bridgehead atoms. The standard InChI is InChI=1S/C35H27N2O2P/c38-32(33-34(27-16-6-1-7-17-27)36-37(35(33)39)28-18-8-2-9-19-28)26-40(29-20-10-3-11-21-29,30-22-12-4-13-23-30)31-24-14-5-15-25-31/h1-25H,26H2. The van der Waals surface area contributed by atoms with Gasteiger partial charge in [-0.25, -0.2) is 4.68 Å². The van der Waals surface area contributed by atoms with Crippen LogP contribution in [-0.4, -0.2) is 21.7 Å². The van der Waals surface area contributed by atoms with Crippen LogP contribution >= 0.6 is 7.26 Å². The quantitative estimate of drug-likeness (QED) is 0.182. The number of hydrogen-bond donors (Lipinski definition) is 0. The molecule has 40 heavy (non-hydrogen) atoms. The summed E-state index contributed by atoms with van der Waals surface area (Å²) in [6.07, 6.45) is 0.167. The summed E-state index contributed by atoms with van der Waals surface area (Å²) in [6.45, 7) is 0. The molecule has 5 heteroatoms. The number of benzene rings is 5. The molecular weight excluding hydrogens is 511 g/mol. The van der Waals surface area contributed by atoms with Crippen LogP contribution in [0.3, 0.4) is 0 Å². The molecular formula is C35H27N2O2P. The highest BCUT2D eigenvalue weighted by Crippen LogP contribution is 2.56. The Labute approximate surface area is 234 Å². The van der Waals surface area contributed by atoms with Gasteiger partial charge in [0.25, 0.3) is 0 Å². The summed E-state index contributed by atoms with van der Waals surface area (Å²) in [6, 6.07) is 49.4. The maximum Gasteiger partial charge on any atom is 0.204 e. The van der Waals surface area contributed by atoms with Crippen LogP contribution in [0.1, 0.15) is 10.4 Å². The van der Waals surface area contributed by atoms with E-state index in [0.29, 0.717) is 11.4 Å². The molecule has 1 heterocycles. The zero-order chi connectivity index (χ0) is 27.4. The minimum absolute atomic E-state index is 0.127. The van der Waals surface area contributed by atoms with Gasteiger partial charge in [0.2, 0.25) is 5.78 Å². The molecule has 4 nitrogen and oxygen atoms in total. The van der Waals surface area contributed by atoms with Crippen LogP contribution in [0.4, 0.5) is 0 Å². The van der Waals surface area contributed by atoms with E-state index in [1.54, 1.807) is 0 Å². The van der Waals surface area contributed by atoms with Crippen molar-refractivity contribution in [1.29, 1.82) is 0 Å². The molecule has 0 N–H and O–H groups in total. The van der Waals surface area contributed by atoms with Crippen molar-refractivity contribution in [3.63, 3.8) is 0 Å². The number of hydrogen-bond acceptors (Lipinski definition) is 3. The zero-order valence-electron chi connectivity index (χ0n) is 21.8. The van der Waals surface area contributed by atoms with E-state index >= 15 is 0 Å². The molecule has 194 valence electrons. The average Bonchev–Trinajstić information content (AvgIpc) is 3.39. The highest BCUT2D eigenvalue weighted by molar-refractivity contribution is 7.96. The smallest absolute Gasteiger partial charge is 0.204 e. The number of nitrogens with zero attached hydrogens (tertiary/aromatic N) is 2. The summed E-state index contributed by atoms with van der Waals surface area (Å²) >= 11 is 0. The molecule has 0 aliphatic heterocycles. The summed E-state index contributed by atoms with van der Waals surface area (Å²) in [5.41, 5.74) is 1.90. The van der Waals surface area contributed by atoms with Crippen molar-refractivity contribution in [2.75, 3.05) is 6.16 Å². The van der Waals surface area contributed by atoms with Crippen molar-refractivity contribution in [3.05, 3.63) is 157 Å². The molecule has 6 rings (SSSR count). The Morgan fingerprint density at radius 3 is 1.45 bits per heavy atom. The molecule has 1 aromatic heterocycles. The predicted molar refractivity (Wildman–Crippen MR) is 163 cm³/mol. The van der Waals surface area contributed by atoms with Gasteiger partial charge in [0.05, 0.1) is 11.3 Å². The average molecular weight is 539 g/mol. The lowest BCUT2D eigenvalue weighted by molar-refractivity contribution is -0.278. The molecule has 6 aromatic rings. The van der Waals surface area contributed by atoms with Gasteiger partial charge in [-0.2, -0.15) is 5.10 Å². The maximum atomic E-state index is 14.6. The first kappa shape index (κ1) is 25.5. The number of Topliss-reactive ketones (excluding diaryl/α,β-unsaturated/α-hetero) is 1. The Hall–Kier alpha value is -4.79. The van der Waals surface area contributed by atoms with Crippen LogP contribution in [0.2, 0.25) is 0 Å². The Morgan fingerprint density at radius 1 is 0.600 bits per heavy atom. The Morgan fingerprint density at radius 2 is 1.00 bits per heavy atom. The molecule has 0 fully saturated rings. The molecule has 5 aromatic carbocycles. The first-order valence-electron chi connectivity index (χ1n) is 13.2. The maximum absolute atomic E-state index is 14.6. The molecule has 0 amide bonds. The lowest BCUT2D eigenvalue weighted by atomic mass is 10.1. The minimum atomic E-state index is -2.49. The van der Waals surface area contributed by atoms with Gasteiger partial charge in [-0.15, -0.1) is 0 Å². The Balaban J connectivity index is 1.58. The predicted octanol–water partition coefficient (Wildman–Crippen LogP) is 5.79. The highest BCUT2D eigenvalue weighted by Gasteiger charge is 2.48. The van der Waals surface area contributed by atoms with Crippen molar-refractivity contribution in [2.24, 2.45) is 0 Å². The zero-order valence-corrected chi connectivity index (χ0v) is 22.7. The third kappa shape index (κ3) is 4.64. The second-order valence-corrected chi connectivity index (χ2v) is 13.0. The van der Waals surface area contributed by atoms with Gasteiger partial charge in [0, 0.05) is 11.4 Å². The van der Waals surface area contributed by atoms with E-state index in [4.69, 9.17) is 5.10 Å². The van der Waals surface area contributed by atoms with Crippen molar-refractivity contribution >= 4 is 29.0 Å². The molecule has 0 atom stereocenters. The van der Waals surface area contributed by atoms with Gasteiger partial charge < -0.3 is 5.11 Å². The van der Waals surface area contributed by atoms with E-state index in [1.807, 2.05) is 115 Å². The Bertz CT molecular complexity index is 1620. The molecule has 0 aliphatic carbocycles. The minimum Gasteiger partial charge on any atom is -0.858 e. The first-order chi connectivity index (χ1) is 19.7. The van der Waals surface area contributed by atoms with Crippen LogP contribution in [0.25, 0.3) is 16.9 Å². The van der Waals surface area contributed by atoms with Gasteiger partial charge in [0.1, 0.15) is 35.0 Å². The van der Waals surface area contributed by atoms with Crippen molar-refractivity contribution in [1.82, 2.24) is 9.78 Å². The van der Waals surface area contributed by atoms with Gasteiger partial charge in [-0.3, -0.25) is 4.79 Å². The van der Waals surface area contributed by atoms with Crippen LogP contribution in [-0.2, 0) is 0 Å². The molecule has 0 saturated heterocycles. The molecule has 0 unspecified atom stereocenters. The third-order valence-electron chi connectivity index (χ3n) is 7.14. The van der Waals surface area contributed by atoms with E-state index in [2.05, 4.69) is 36.4 Å². The second kappa shape index (κ2) is 11.1. The van der Waals surface area contributed by atoms with Crippen LogP contribution < -0.4 is 21.0 Å². The largest absolute Gasteiger partial charge is 0.858 e. The van der Waals surface area contributed by atoms with E-state index in [1.165, 1.54) is 4.68 Å². The molecule has 0 saturated carbocycles. The van der Waals surface area contributed by atoms with E-state index < -0.39 is 13.1 Å². The van der Waals surface area contributed by atoms with Gasteiger partial charge in [-0.05, 0) is 48.5 Å². The van der Waals surface area contributed by atoms with E-state index in [9.17, 15) is 9.90 Å². The lowest BCUT2D eigenvalue weighted by Crippen LogP contribution is -2.36. The number of aromatic nitrogens is 2. The normalized spacial score (nSPS) is 11.3. The van der Waals surface area contributed by atoms with Crippen LogP contribution in [0, 0.1) is 0 Å². The first-order valence-corrected chi connectivity index (χ1v) is 15.1. The van der Waals surface area contributed by atoms with Gasteiger partial charge >= 0.3 is 0 Å². The Kier molecular flexibility index (Phi) is 7.09. The highest BCUT2D eigenvalue weighted by atomic mass is 31.2. The molecule has 0 radical (unpaired) electrons. The van der Waals surface area contributed by atoms with E-state index in [0.717, 1.165) is 21.5 Å². The summed E-state index contributed by atoms with van der Waals surface area (Å²) < 4.78 is 1.35. The number of carbonyl (C=O) groups is 1.